The van der Waals surface area contributed by atoms with Crippen LogP contribution in [0.15, 0.2) is 24.3 Å². The van der Waals surface area contributed by atoms with E-state index in [0.717, 1.165) is 37.9 Å². The first kappa shape index (κ1) is 19.2. The molecule has 1 saturated heterocycles. The van der Waals surface area contributed by atoms with Crippen molar-refractivity contribution in [3.63, 3.8) is 0 Å². The van der Waals surface area contributed by atoms with E-state index >= 15 is 0 Å². The van der Waals surface area contributed by atoms with Crippen molar-refractivity contribution in [3.8, 4) is 0 Å². The van der Waals surface area contributed by atoms with Crippen molar-refractivity contribution < 1.29 is 14.7 Å². The molecule has 0 spiro atoms. The number of fused-ring (bicyclic) bond motifs is 2. The number of aliphatic carboxylic acids is 1. The summed E-state index contributed by atoms with van der Waals surface area (Å²) in [7, 11) is 0. The molecule has 4 atom stereocenters. The molecular formula is C20H27ClN2O3. The van der Waals surface area contributed by atoms with Gasteiger partial charge in [-0.25, -0.2) is 0 Å². The molecular weight excluding hydrogens is 352 g/mol. The van der Waals surface area contributed by atoms with Crippen molar-refractivity contribution in [2.24, 2.45) is 11.3 Å². The fourth-order valence-electron chi connectivity index (χ4n) is 5.23. The summed E-state index contributed by atoms with van der Waals surface area (Å²) in [4.78, 5) is 29.2. The lowest BCUT2D eigenvalue weighted by Gasteiger charge is -2.31. The van der Waals surface area contributed by atoms with Crippen LogP contribution in [0.5, 0.6) is 0 Å². The van der Waals surface area contributed by atoms with Gasteiger partial charge in [0.2, 0.25) is 5.91 Å². The highest BCUT2D eigenvalue weighted by molar-refractivity contribution is 5.99. The number of carboxylic acids is 1. The Balaban J connectivity index is 0.00000196. The molecule has 1 aliphatic carbocycles. The number of halogens is 1. The molecule has 0 bridgehead atoms. The standard InChI is InChI=1S/C20H26N2O3.ClH/c1-13-10-15-6-3-4-8-17(15)22(13)18(23)14(2)21-11-16-7-5-9-20(16,12-21)19(24)25;/h3-4,6,8,13-14,16H,5,7,9-12H2,1-2H3,(H,24,25);1H/t13?,14?,16-,20+;/m0./s1. The van der Waals surface area contributed by atoms with Gasteiger partial charge in [0.05, 0.1) is 11.5 Å². The molecule has 1 amide bonds. The molecule has 142 valence electrons. The molecule has 2 fully saturated rings. The zero-order chi connectivity index (χ0) is 17.8. The molecule has 0 aromatic heterocycles. The van der Waals surface area contributed by atoms with Crippen molar-refractivity contribution in [2.75, 3.05) is 18.0 Å². The molecule has 2 aliphatic heterocycles. The fraction of sp³-hybridized carbons (Fsp3) is 0.600. The molecule has 1 N–H and O–H groups in total. The Hall–Kier alpha value is -1.59. The SMILES string of the molecule is CC(C(=O)N1c2ccccc2CC1C)N1C[C@@H]2CCC[C@@]2(C(=O)O)C1.Cl. The highest BCUT2D eigenvalue weighted by Crippen LogP contribution is 2.49. The molecule has 1 aromatic rings. The van der Waals surface area contributed by atoms with Crippen LogP contribution in [0, 0.1) is 11.3 Å². The summed E-state index contributed by atoms with van der Waals surface area (Å²) >= 11 is 0. The van der Waals surface area contributed by atoms with Gasteiger partial charge in [-0.15, -0.1) is 12.4 Å². The molecule has 26 heavy (non-hydrogen) atoms. The number of amides is 1. The molecule has 2 heterocycles. The number of anilines is 1. The van der Waals surface area contributed by atoms with Crippen LogP contribution < -0.4 is 4.90 Å². The molecule has 0 radical (unpaired) electrons. The Bertz CT molecular complexity index is 725. The van der Waals surface area contributed by atoms with E-state index in [9.17, 15) is 14.7 Å². The summed E-state index contributed by atoms with van der Waals surface area (Å²) in [5.74, 6) is -0.404. The van der Waals surface area contributed by atoms with Gasteiger partial charge in [-0.2, -0.15) is 0 Å². The number of carbonyl (C=O) groups is 2. The van der Waals surface area contributed by atoms with Gasteiger partial charge in [0, 0.05) is 24.8 Å². The number of carbonyl (C=O) groups excluding carboxylic acids is 1. The van der Waals surface area contributed by atoms with Crippen molar-refractivity contribution in [2.45, 2.75) is 51.6 Å². The van der Waals surface area contributed by atoms with E-state index in [1.54, 1.807) is 0 Å². The molecule has 2 unspecified atom stereocenters. The maximum atomic E-state index is 13.2. The van der Waals surface area contributed by atoms with E-state index in [0.29, 0.717) is 6.54 Å². The van der Waals surface area contributed by atoms with E-state index < -0.39 is 11.4 Å². The van der Waals surface area contributed by atoms with Gasteiger partial charge >= 0.3 is 5.97 Å². The third kappa shape index (κ3) is 2.72. The average Bonchev–Trinajstić information content (AvgIpc) is 3.22. The summed E-state index contributed by atoms with van der Waals surface area (Å²) in [5, 5.41) is 9.77. The van der Waals surface area contributed by atoms with Gasteiger partial charge < -0.3 is 10.0 Å². The molecule has 5 nitrogen and oxygen atoms in total. The number of carboxylic acid groups (broad SMARTS) is 1. The van der Waals surface area contributed by atoms with E-state index in [4.69, 9.17) is 0 Å². The van der Waals surface area contributed by atoms with Crippen molar-refractivity contribution in [3.05, 3.63) is 29.8 Å². The second kappa shape index (κ2) is 6.86. The van der Waals surface area contributed by atoms with E-state index in [1.165, 1.54) is 5.56 Å². The molecule has 4 rings (SSSR count). The predicted molar refractivity (Wildman–Crippen MR) is 103 cm³/mol. The third-order valence-corrected chi connectivity index (χ3v) is 6.67. The fourth-order valence-corrected chi connectivity index (χ4v) is 5.23. The summed E-state index contributed by atoms with van der Waals surface area (Å²) < 4.78 is 0. The Morgan fingerprint density at radius 3 is 2.73 bits per heavy atom. The number of para-hydroxylation sites is 1. The van der Waals surface area contributed by atoms with E-state index in [2.05, 4.69) is 17.9 Å². The Morgan fingerprint density at radius 2 is 2.04 bits per heavy atom. The van der Waals surface area contributed by atoms with Crippen LogP contribution in [0.3, 0.4) is 0 Å². The minimum atomic E-state index is -0.683. The number of likely N-dealkylation sites (tertiary alicyclic amines) is 1. The maximum absolute atomic E-state index is 13.2. The first-order valence-electron chi connectivity index (χ1n) is 9.32. The zero-order valence-corrected chi connectivity index (χ0v) is 16.2. The minimum absolute atomic E-state index is 0. The van der Waals surface area contributed by atoms with Crippen LogP contribution in [0.2, 0.25) is 0 Å². The zero-order valence-electron chi connectivity index (χ0n) is 15.4. The summed E-state index contributed by atoms with van der Waals surface area (Å²) in [6, 6.07) is 7.96. The minimum Gasteiger partial charge on any atom is -0.481 e. The molecule has 1 saturated carbocycles. The van der Waals surface area contributed by atoms with Crippen LogP contribution in [-0.2, 0) is 16.0 Å². The lowest BCUT2D eigenvalue weighted by atomic mass is 9.81. The van der Waals surface area contributed by atoms with E-state index in [-0.39, 0.29) is 36.3 Å². The van der Waals surface area contributed by atoms with Crippen LogP contribution in [0.1, 0.15) is 38.7 Å². The predicted octanol–water partition coefficient (Wildman–Crippen LogP) is 2.96. The molecule has 6 heteroatoms. The maximum Gasteiger partial charge on any atom is 0.311 e. The second-order valence-electron chi connectivity index (χ2n) is 8.05. The van der Waals surface area contributed by atoms with Gasteiger partial charge in [0.25, 0.3) is 0 Å². The molecule has 1 aromatic carbocycles. The van der Waals surface area contributed by atoms with Crippen molar-refractivity contribution >= 4 is 30.0 Å². The monoisotopic (exact) mass is 378 g/mol. The number of rotatable bonds is 3. The first-order chi connectivity index (χ1) is 11.9. The number of benzene rings is 1. The normalized spacial score (nSPS) is 31.2. The smallest absolute Gasteiger partial charge is 0.311 e. The number of hydrogen-bond acceptors (Lipinski definition) is 3. The Labute approximate surface area is 160 Å². The average molecular weight is 379 g/mol. The van der Waals surface area contributed by atoms with Crippen LogP contribution in [0.4, 0.5) is 5.69 Å². The van der Waals surface area contributed by atoms with Gasteiger partial charge in [-0.1, -0.05) is 24.6 Å². The van der Waals surface area contributed by atoms with Crippen LogP contribution >= 0.6 is 12.4 Å². The highest BCUT2D eigenvalue weighted by Gasteiger charge is 2.56. The van der Waals surface area contributed by atoms with Crippen molar-refractivity contribution in [1.82, 2.24) is 4.90 Å². The Kier molecular flexibility index (Phi) is 5.06. The number of nitrogens with zero attached hydrogens (tertiary/aromatic N) is 2. The highest BCUT2D eigenvalue weighted by atomic mass is 35.5. The third-order valence-electron chi connectivity index (χ3n) is 6.67. The van der Waals surface area contributed by atoms with Gasteiger partial charge in [0.1, 0.15) is 0 Å². The topological polar surface area (TPSA) is 60.9 Å². The molecule has 3 aliphatic rings. The number of hydrogen-bond donors (Lipinski definition) is 1. The van der Waals surface area contributed by atoms with Crippen molar-refractivity contribution in [1.29, 1.82) is 0 Å². The first-order valence-corrected chi connectivity index (χ1v) is 9.32. The lowest BCUT2D eigenvalue weighted by Crippen LogP contribution is -2.49. The van der Waals surface area contributed by atoms with E-state index in [1.807, 2.05) is 30.0 Å². The largest absolute Gasteiger partial charge is 0.481 e. The summed E-state index contributed by atoms with van der Waals surface area (Å²) in [6.07, 6.45) is 3.58. The second-order valence-corrected chi connectivity index (χ2v) is 8.05. The van der Waals surface area contributed by atoms with Gasteiger partial charge in [-0.3, -0.25) is 14.5 Å². The van der Waals surface area contributed by atoms with Crippen LogP contribution in [0.25, 0.3) is 0 Å². The van der Waals surface area contributed by atoms with Crippen LogP contribution in [-0.4, -0.2) is 47.1 Å². The summed E-state index contributed by atoms with van der Waals surface area (Å²) in [5.41, 5.74) is 1.60. The van der Waals surface area contributed by atoms with Gasteiger partial charge in [-0.05, 0) is 50.7 Å². The Morgan fingerprint density at radius 1 is 1.31 bits per heavy atom. The lowest BCUT2D eigenvalue weighted by molar-refractivity contribution is -0.149. The van der Waals surface area contributed by atoms with Gasteiger partial charge in [0.15, 0.2) is 0 Å². The quantitative estimate of drug-likeness (QED) is 0.878. The summed E-state index contributed by atoms with van der Waals surface area (Å²) in [6.45, 7) is 5.25.